The van der Waals surface area contributed by atoms with Gasteiger partial charge in [0.15, 0.2) is 0 Å². The van der Waals surface area contributed by atoms with Gasteiger partial charge in [-0.15, -0.1) is 0 Å². The van der Waals surface area contributed by atoms with Gasteiger partial charge < -0.3 is 9.88 Å². The Morgan fingerprint density at radius 2 is 2.00 bits per heavy atom. The van der Waals surface area contributed by atoms with E-state index in [1.54, 1.807) is 23.9 Å². The molecule has 0 unspecified atom stereocenters. The zero-order valence-electron chi connectivity index (χ0n) is 10.6. The number of aryl methyl sites for hydroxylation is 1. The second kappa shape index (κ2) is 5.73. The van der Waals surface area contributed by atoms with Crippen molar-refractivity contribution >= 4 is 39.1 Å². The number of carbonyl (C=O) groups is 1. The number of carbonyl (C=O) groups excluding carboxylic acids is 1. The Bertz CT molecular complexity index is 697. The summed E-state index contributed by atoms with van der Waals surface area (Å²) in [7, 11) is 1.67. The van der Waals surface area contributed by atoms with Gasteiger partial charge in [0.05, 0.1) is 16.3 Å². The predicted molar refractivity (Wildman–Crippen MR) is 77.5 cm³/mol. The molecular weight excluding hydrogens is 373 g/mol. The molecule has 2 aromatic rings. The summed E-state index contributed by atoms with van der Waals surface area (Å²) in [5.74, 6) is -0.468. The van der Waals surface area contributed by atoms with E-state index in [4.69, 9.17) is 11.6 Å². The van der Waals surface area contributed by atoms with E-state index in [9.17, 15) is 18.0 Å². The Morgan fingerprint density at radius 1 is 1.33 bits per heavy atom. The maximum absolute atomic E-state index is 12.5. The highest BCUT2D eigenvalue weighted by Crippen LogP contribution is 2.33. The molecule has 0 aliphatic heterocycles. The van der Waals surface area contributed by atoms with Crippen molar-refractivity contribution in [1.82, 2.24) is 4.57 Å². The van der Waals surface area contributed by atoms with Crippen LogP contribution in [0.4, 0.5) is 18.9 Å². The molecule has 3 nitrogen and oxygen atoms in total. The molecule has 1 heterocycles. The molecule has 0 fully saturated rings. The Kier molecular flexibility index (Phi) is 4.34. The van der Waals surface area contributed by atoms with Crippen molar-refractivity contribution in [3.8, 4) is 0 Å². The average molecular weight is 382 g/mol. The van der Waals surface area contributed by atoms with Gasteiger partial charge in [0.2, 0.25) is 0 Å². The largest absolute Gasteiger partial charge is 0.416 e. The van der Waals surface area contributed by atoms with Crippen LogP contribution in [-0.4, -0.2) is 10.5 Å². The number of benzene rings is 1. The molecule has 21 heavy (non-hydrogen) atoms. The number of hydrogen-bond donors (Lipinski definition) is 1. The number of rotatable bonds is 2. The minimum atomic E-state index is -4.48. The number of nitrogens with one attached hydrogen (secondary N) is 1. The molecule has 1 amide bonds. The van der Waals surface area contributed by atoms with E-state index in [1.165, 1.54) is 0 Å². The molecule has 1 aromatic heterocycles. The normalized spacial score (nSPS) is 11.5. The minimum Gasteiger partial charge on any atom is -0.345 e. The third-order valence-electron chi connectivity index (χ3n) is 2.75. The molecule has 1 N–H and O–H groups in total. The lowest BCUT2D eigenvalue weighted by molar-refractivity contribution is -0.137. The van der Waals surface area contributed by atoms with Crippen molar-refractivity contribution in [3.05, 3.63) is 51.2 Å². The summed E-state index contributed by atoms with van der Waals surface area (Å²) >= 11 is 9.01. The first-order chi connectivity index (χ1) is 9.68. The Morgan fingerprint density at radius 3 is 2.48 bits per heavy atom. The summed E-state index contributed by atoms with van der Waals surface area (Å²) in [6, 6.07) is 4.36. The number of halogens is 5. The summed E-state index contributed by atoms with van der Waals surface area (Å²) in [5, 5.41) is 2.30. The van der Waals surface area contributed by atoms with Crippen LogP contribution in [0.5, 0.6) is 0 Å². The molecular formula is C13H9BrClF3N2O. The highest BCUT2D eigenvalue weighted by atomic mass is 79.9. The lowest BCUT2D eigenvalue weighted by atomic mass is 10.2. The maximum atomic E-state index is 12.5. The minimum absolute atomic E-state index is 0.118. The molecule has 0 radical (unpaired) electrons. The van der Waals surface area contributed by atoms with Crippen LogP contribution in [0.25, 0.3) is 0 Å². The fraction of sp³-hybridized carbons (Fsp3) is 0.154. The molecule has 2 rings (SSSR count). The predicted octanol–water partition coefficient (Wildman–Crippen LogP) is 4.71. The van der Waals surface area contributed by atoms with Crippen LogP contribution < -0.4 is 5.32 Å². The highest BCUT2D eigenvalue weighted by molar-refractivity contribution is 9.10. The second-order valence-corrected chi connectivity index (χ2v) is 5.62. The van der Waals surface area contributed by atoms with E-state index in [0.29, 0.717) is 10.2 Å². The summed E-state index contributed by atoms with van der Waals surface area (Å²) in [6.07, 6.45) is -2.79. The van der Waals surface area contributed by atoms with Crippen LogP contribution >= 0.6 is 27.5 Å². The second-order valence-electron chi connectivity index (χ2n) is 4.30. The van der Waals surface area contributed by atoms with Crippen molar-refractivity contribution < 1.29 is 18.0 Å². The number of aromatic nitrogens is 1. The first kappa shape index (κ1) is 15.9. The monoisotopic (exact) mass is 380 g/mol. The lowest BCUT2D eigenvalue weighted by Gasteiger charge is -2.11. The zero-order chi connectivity index (χ0) is 15.8. The molecule has 112 valence electrons. The smallest absolute Gasteiger partial charge is 0.345 e. The van der Waals surface area contributed by atoms with E-state index in [-0.39, 0.29) is 10.7 Å². The number of alkyl halides is 3. The van der Waals surface area contributed by atoms with Crippen LogP contribution in [0.1, 0.15) is 16.1 Å². The standard InChI is InChI=1S/C13H9BrClF3N2O/c1-20-6-8(14)5-11(20)12(21)19-10-3-2-7(4-9(10)15)13(16,17)18/h2-6H,1H3,(H,19,21). The average Bonchev–Trinajstić information content (AvgIpc) is 2.69. The highest BCUT2D eigenvalue weighted by Gasteiger charge is 2.31. The number of hydrogen-bond acceptors (Lipinski definition) is 1. The van der Waals surface area contributed by atoms with Crippen molar-refractivity contribution in [2.24, 2.45) is 7.05 Å². The molecule has 0 saturated heterocycles. The van der Waals surface area contributed by atoms with Crippen LogP contribution in [0.2, 0.25) is 5.02 Å². The fourth-order valence-electron chi connectivity index (χ4n) is 1.73. The molecule has 1 aromatic carbocycles. The molecule has 0 aliphatic rings. The summed E-state index contributed by atoms with van der Waals surface area (Å²) in [5.41, 5.74) is -0.406. The fourth-order valence-corrected chi connectivity index (χ4v) is 2.48. The van der Waals surface area contributed by atoms with Gasteiger partial charge in [-0.05, 0) is 40.2 Å². The summed E-state index contributed by atoms with van der Waals surface area (Å²) in [6.45, 7) is 0. The third-order valence-corrected chi connectivity index (χ3v) is 3.50. The Balaban J connectivity index is 2.24. The van der Waals surface area contributed by atoms with Gasteiger partial charge in [0.1, 0.15) is 5.69 Å². The van der Waals surface area contributed by atoms with Crippen LogP contribution in [0.3, 0.4) is 0 Å². The van der Waals surface area contributed by atoms with Gasteiger partial charge >= 0.3 is 6.18 Å². The summed E-state index contributed by atoms with van der Waals surface area (Å²) < 4.78 is 39.9. The van der Waals surface area contributed by atoms with Gasteiger partial charge in [-0.2, -0.15) is 13.2 Å². The molecule has 0 atom stereocenters. The van der Waals surface area contributed by atoms with Crippen molar-refractivity contribution in [1.29, 1.82) is 0 Å². The Labute approximate surface area is 131 Å². The van der Waals surface area contributed by atoms with Gasteiger partial charge in [-0.25, -0.2) is 0 Å². The van der Waals surface area contributed by atoms with Gasteiger partial charge in [-0.1, -0.05) is 11.6 Å². The van der Waals surface area contributed by atoms with Gasteiger partial charge in [0, 0.05) is 17.7 Å². The van der Waals surface area contributed by atoms with E-state index >= 15 is 0 Å². The van der Waals surface area contributed by atoms with Crippen molar-refractivity contribution in [3.63, 3.8) is 0 Å². The van der Waals surface area contributed by atoms with Crippen LogP contribution in [-0.2, 0) is 13.2 Å². The molecule has 0 bridgehead atoms. The van der Waals surface area contributed by atoms with Crippen LogP contribution in [0, 0.1) is 0 Å². The quantitative estimate of drug-likeness (QED) is 0.803. The maximum Gasteiger partial charge on any atom is 0.416 e. The zero-order valence-corrected chi connectivity index (χ0v) is 13.0. The number of nitrogens with zero attached hydrogens (tertiary/aromatic N) is 1. The van der Waals surface area contributed by atoms with E-state index in [2.05, 4.69) is 21.2 Å². The first-order valence-electron chi connectivity index (χ1n) is 5.68. The molecule has 0 spiro atoms. The number of amides is 1. The molecule has 8 heteroatoms. The van der Waals surface area contributed by atoms with Crippen LogP contribution in [0.15, 0.2) is 34.9 Å². The van der Waals surface area contributed by atoms with Gasteiger partial charge in [-0.3, -0.25) is 4.79 Å². The third kappa shape index (κ3) is 3.59. The van der Waals surface area contributed by atoms with Crippen molar-refractivity contribution in [2.75, 3.05) is 5.32 Å². The SMILES string of the molecule is Cn1cc(Br)cc1C(=O)Nc1ccc(C(F)(F)F)cc1Cl. The molecule has 0 aliphatic carbocycles. The van der Waals surface area contributed by atoms with Gasteiger partial charge in [0.25, 0.3) is 5.91 Å². The number of anilines is 1. The van der Waals surface area contributed by atoms with E-state index < -0.39 is 17.6 Å². The Hall–Kier alpha value is -1.47. The lowest BCUT2D eigenvalue weighted by Crippen LogP contribution is -2.16. The first-order valence-corrected chi connectivity index (χ1v) is 6.85. The van der Waals surface area contributed by atoms with E-state index in [1.807, 2.05) is 0 Å². The molecule has 0 saturated carbocycles. The topological polar surface area (TPSA) is 34.0 Å². The summed E-state index contributed by atoms with van der Waals surface area (Å²) in [4.78, 5) is 12.0. The van der Waals surface area contributed by atoms with Crippen molar-refractivity contribution in [2.45, 2.75) is 6.18 Å². The van der Waals surface area contributed by atoms with E-state index in [0.717, 1.165) is 18.2 Å².